The molecule has 2 rings (SSSR count). The molecule has 2 N–H and O–H groups in total. The van der Waals surface area contributed by atoms with Crippen LogP contribution in [0.4, 0.5) is 0 Å². The number of carbonyl (C=O) groups excluding carboxylic acids is 1. The summed E-state index contributed by atoms with van der Waals surface area (Å²) in [6.07, 6.45) is 2.99. The number of nitrogens with zero attached hydrogens (tertiary/aromatic N) is 1. The second kappa shape index (κ2) is 7.31. The molecule has 1 aliphatic rings. The average Bonchev–Trinajstić information content (AvgIpc) is 3.30. The standard InChI is InChI=1S/C16H24N2O3/c1-3-20-15-10-12(8-9-17)4-7-14(15)21-11-16(19)18(2)13-5-6-13/h4,7,10,13H,3,5-6,8-9,11,17H2,1-2H3. The Hall–Kier alpha value is -1.75. The van der Waals surface area contributed by atoms with Crippen LogP contribution < -0.4 is 15.2 Å². The van der Waals surface area contributed by atoms with Crippen LogP contribution in [-0.4, -0.2) is 43.7 Å². The highest BCUT2D eigenvalue weighted by Crippen LogP contribution is 2.29. The van der Waals surface area contributed by atoms with Gasteiger partial charge in [-0.1, -0.05) is 6.07 Å². The van der Waals surface area contributed by atoms with E-state index in [9.17, 15) is 4.79 Å². The van der Waals surface area contributed by atoms with Crippen molar-refractivity contribution in [2.75, 3.05) is 26.8 Å². The first kappa shape index (κ1) is 15.6. The molecule has 0 bridgehead atoms. The number of ether oxygens (including phenoxy) is 2. The summed E-state index contributed by atoms with van der Waals surface area (Å²) in [6, 6.07) is 6.14. The van der Waals surface area contributed by atoms with Crippen molar-refractivity contribution in [2.45, 2.75) is 32.2 Å². The summed E-state index contributed by atoms with van der Waals surface area (Å²) in [7, 11) is 1.83. The molecule has 1 aliphatic carbocycles. The highest BCUT2D eigenvalue weighted by Gasteiger charge is 2.29. The van der Waals surface area contributed by atoms with E-state index in [0.29, 0.717) is 30.7 Å². The first-order valence-electron chi connectivity index (χ1n) is 7.50. The lowest BCUT2D eigenvalue weighted by Crippen LogP contribution is -2.33. The number of carbonyl (C=O) groups is 1. The Morgan fingerprint density at radius 3 is 2.71 bits per heavy atom. The molecule has 116 valence electrons. The summed E-state index contributed by atoms with van der Waals surface area (Å²) >= 11 is 0. The third kappa shape index (κ3) is 4.36. The van der Waals surface area contributed by atoms with E-state index in [1.165, 1.54) is 0 Å². The summed E-state index contributed by atoms with van der Waals surface area (Å²) in [5, 5.41) is 0. The zero-order valence-electron chi connectivity index (χ0n) is 12.8. The summed E-state index contributed by atoms with van der Waals surface area (Å²) in [5.41, 5.74) is 6.67. The molecule has 21 heavy (non-hydrogen) atoms. The Morgan fingerprint density at radius 1 is 1.33 bits per heavy atom. The Labute approximate surface area is 126 Å². The fourth-order valence-electron chi connectivity index (χ4n) is 2.17. The van der Waals surface area contributed by atoms with Crippen LogP contribution >= 0.6 is 0 Å². The monoisotopic (exact) mass is 292 g/mol. The average molecular weight is 292 g/mol. The van der Waals surface area contributed by atoms with Gasteiger partial charge in [0.05, 0.1) is 6.61 Å². The minimum atomic E-state index is 0.00554. The van der Waals surface area contributed by atoms with Crippen molar-refractivity contribution < 1.29 is 14.3 Å². The number of likely N-dealkylation sites (N-methyl/N-ethyl adjacent to an activating group) is 1. The second-order valence-corrected chi connectivity index (χ2v) is 5.28. The minimum absolute atomic E-state index is 0.00554. The fraction of sp³-hybridized carbons (Fsp3) is 0.562. The van der Waals surface area contributed by atoms with Gasteiger partial charge in [0.25, 0.3) is 5.91 Å². The van der Waals surface area contributed by atoms with Gasteiger partial charge in [-0.3, -0.25) is 4.79 Å². The molecule has 0 saturated heterocycles. The summed E-state index contributed by atoms with van der Waals surface area (Å²) in [4.78, 5) is 13.7. The summed E-state index contributed by atoms with van der Waals surface area (Å²) in [5.74, 6) is 1.28. The first-order chi connectivity index (χ1) is 10.2. The largest absolute Gasteiger partial charge is 0.490 e. The molecule has 5 nitrogen and oxygen atoms in total. The van der Waals surface area contributed by atoms with Gasteiger partial charge in [0.1, 0.15) is 0 Å². The van der Waals surface area contributed by atoms with Gasteiger partial charge in [-0.2, -0.15) is 0 Å². The van der Waals surface area contributed by atoms with Gasteiger partial charge >= 0.3 is 0 Å². The molecular weight excluding hydrogens is 268 g/mol. The molecule has 0 spiro atoms. The van der Waals surface area contributed by atoms with Crippen LogP contribution in [0, 0.1) is 0 Å². The molecule has 0 aromatic heterocycles. The maximum absolute atomic E-state index is 12.0. The predicted octanol–water partition coefficient (Wildman–Crippen LogP) is 1.59. The van der Waals surface area contributed by atoms with E-state index in [0.717, 1.165) is 24.8 Å². The quantitative estimate of drug-likeness (QED) is 0.790. The number of hydrogen-bond donors (Lipinski definition) is 1. The van der Waals surface area contributed by atoms with Gasteiger partial charge < -0.3 is 20.1 Å². The lowest BCUT2D eigenvalue weighted by molar-refractivity contribution is -0.132. The maximum Gasteiger partial charge on any atom is 0.260 e. The maximum atomic E-state index is 12.0. The number of hydrogen-bond acceptors (Lipinski definition) is 4. The third-order valence-electron chi connectivity index (χ3n) is 3.58. The van der Waals surface area contributed by atoms with E-state index in [4.69, 9.17) is 15.2 Å². The smallest absolute Gasteiger partial charge is 0.260 e. The van der Waals surface area contributed by atoms with Gasteiger partial charge in [-0.05, 0) is 50.4 Å². The third-order valence-corrected chi connectivity index (χ3v) is 3.58. The zero-order chi connectivity index (χ0) is 15.2. The SMILES string of the molecule is CCOc1cc(CCN)ccc1OCC(=O)N(C)C1CC1. The predicted molar refractivity (Wildman–Crippen MR) is 81.7 cm³/mol. The Kier molecular flexibility index (Phi) is 5.44. The minimum Gasteiger partial charge on any atom is -0.490 e. The molecule has 0 heterocycles. The molecule has 0 unspecified atom stereocenters. The zero-order valence-corrected chi connectivity index (χ0v) is 12.8. The van der Waals surface area contributed by atoms with Crippen LogP contribution in [0.1, 0.15) is 25.3 Å². The molecule has 0 radical (unpaired) electrons. The van der Waals surface area contributed by atoms with Crippen LogP contribution in [0.2, 0.25) is 0 Å². The van der Waals surface area contributed by atoms with Crippen molar-refractivity contribution >= 4 is 5.91 Å². The van der Waals surface area contributed by atoms with Crippen LogP contribution in [0.3, 0.4) is 0 Å². The van der Waals surface area contributed by atoms with E-state index in [-0.39, 0.29) is 12.5 Å². The van der Waals surface area contributed by atoms with Crippen molar-refractivity contribution in [1.82, 2.24) is 4.90 Å². The van der Waals surface area contributed by atoms with E-state index in [1.54, 1.807) is 4.90 Å². The van der Waals surface area contributed by atoms with Crippen LogP contribution in [0.15, 0.2) is 18.2 Å². The lowest BCUT2D eigenvalue weighted by atomic mass is 10.1. The van der Waals surface area contributed by atoms with Crippen molar-refractivity contribution in [3.05, 3.63) is 23.8 Å². The number of nitrogens with two attached hydrogens (primary N) is 1. The molecule has 1 aromatic carbocycles. The topological polar surface area (TPSA) is 64.8 Å². The molecule has 1 aromatic rings. The molecule has 1 saturated carbocycles. The van der Waals surface area contributed by atoms with E-state index < -0.39 is 0 Å². The van der Waals surface area contributed by atoms with Gasteiger partial charge in [-0.25, -0.2) is 0 Å². The highest BCUT2D eigenvalue weighted by atomic mass is 16.5. The first-order valence-corrected chi connectivity index (χ1v) is 7.50. The second-order valence-electron chi connectivity index (χ2n) is 5.28. The Morgan fingerprint density at radius 2 is 2.10 bits per heavy atom. The van der Waals surface area contributed by atoms with E-state index in [1.807, 2.05) is 32.2 Å². The lowest BCUT2D eigenvalue weighted by Gasteiger charge is -2.18. The van der Waals surface area contributed by atoms with Gasteiger partial charge in [0.15, 0.2) is 18.1 Å². The van der Waals surface area contributed by atoms with Crippen molar-refractivity contribution in [3.8, 4) is 11.5 Å². The molecule has 0 aliphatic heterocycles. The summed E-state index contributed by atoms with van der Waals surface area (Å²) in [6.45, 7) is 3.11. The van der Waals surface area contributed by atoms with Crippen LogP contribution in [0.25, 0.3) is 0 Å². The van der Waals surface area contributed by atoms with Crippen LogP contribution in [0.5, 0.6) is 11.5 Å². The van der Waals surface area contributed by atoms with Crippen molar-refractivity contribution in [2.24, 2.45) is 5.73 Å². The van der Waals surface area contributed by atoms with E-state index in [2.05, 4.69) is 0 Å². The molecule has 0 atom stereocenters. The Bertz CT molecular complexity index is 486. The normalized spacial score (nSPS) is 13.9. The van der Waals surface area contributed by atoms with Crippen molar-refractivity contribution in [1.29, 1.82) is 0 Å². The molecule has 1 fully saturated rings. The number of amides is 1. The van der Waals surface area contributed by atoms with Crippen LogP contribution in [-0.2, 0) is 11.2 Å². The van der Waals surface area contributed by atoms with Gasteiger partial charge in [0, 0.05) is 13.1 Å². The highest BCUT2D eigenvalue weighted by molar-refractivity contribution is 5.78. The molecule has 5 heteroatoms. The summed E-state index contributed by atoms with van der Waals surface area (Å²) < 4.78 is 11.2. The number of benzene rings is 1. The fourth-order valence-corrected chi connectivity index (χ4v) is 2.17. The van der Waals surface area contributed by atoms with E-state index >= 15 is 0 Å². The number of rotatable bonds is 8. The Balaban J connectivity index is 1.98. The van der Waals surface area contributed by atoms with Crippen molar-refractivity contribution in [3.63, 3.8) is 0 Å². The molecule has 1 amide bonds. The molecular formula is C16H24N2O3. The van der Waals surface area contributed by atoms with Gasteiger partial charge in [0.2, 0.25) is 0 Å². The van der Waals surface area contributed by atoms with Gasteiger partial charge in [-0.15, -0.1) is 0 Å².